The molecule has 28 heavy (non-hydrogen) atoms. The van der Waals surface area contributed by atoms with Gasteiger partial charge in [-0.15, -0.1) is 0 Å². The normalized spacial score (nSPS) is 14.7. The molecular formula is C20H17F3N4O. The fraction of sp³-hybridized carbons (Fsp3) is 0.250. The standard InChI is InChI=1S/C20H17F3N4O/c21-20(22,23)17-2-1-3-18(25-17)26-19(28)9-7-13-6-8-16-15(10-13)11-24-27(16)12-14-4-5-14/h1-3,6-11,14H,4-5,12H2,(H,25,26,28)/b9-7+. The van der Waals surface area contributed by atoms with E-state index in [0.717, 1.165) is 35.0 Å². The smallest absolute Gasteiger partial charge is 0.307 e. The number of benzene rings is 1. The molecule has 0 atom stereocenters. The van der Waals surface area contributed by atoms with E-state index in [1.54, 1.807) is 12.3 Å². The van der Waals surface area contributed by atoms with Crippen molar-refractivity contribution in [3.8, 4) is 0 Å². The number of amides is 1. The van der Waals surface area contributed by atoms with Crippen LogP contribution in [0.25, 0.3) is 17.0 Å². The Bertz CT molecular complexity index is 1050. The molecule has 1 aliphatic carbocycles. The molecule has 144 valence electrons. The molecule has 1 aliphatic rings. The van der Waals surface area contributed by atoms with Gasteiger partial charge in [-0.3, -0.25) is 9.48 Å². The highest BCUT2D eigenvalue weighted by atomic mass is 19.4. The van der Waals surface area contributed by atoms with Crippen molar-refractivity contribution in [2.45, 2.75) is 25.6 Å². The fourth-order valence-corrected chi connectivity index (χ4v) is 2.90. The first-order valence-corrected chi connectivity index (χ1v) is 8.87. The molecule has 2 aromatic heterocycles. The van der Waals surface area contributed by atoms with E-state index < -0.39 is 17.8 Å². The van der Waals surface area contributed by atoms with Crippen LogP contribution < -0.4 is 5.32 Å². The summed E-state index contributed by atoms with van der Waals surface area (Å²) in [6.45, 7) is 0.922. The Morgan fingerprint density at radius 1 is 1.25 bits per heavy atom. The number of anilines is 1. The third-order valence-corrected chi connectivity index (χ3v) is 4.51. The third kappa shape index (κ3) is 4.21. The summed E-state index contributed by atoms with van der Waals surface area (Å²) in [6.07, 6.45) is 2.59. The molecule has 1 N–H and O–H groups in total. The summed E-state index contributed by atoms with van der Waals surface area (Å²) in [5.41, 5.74) is 0.787. The average molecular weight is 386 g/mol. The lowest BCUT2D eigenvalue weighted by Crippen LogP contribution is -2.13. The van der Waals surface area contributed by atoms with Crippen molar-refractivity contribution in [1.82, 2.24) is 14.8 Å². The van der Waals surface area contributed by atoms with Gasteiger partial charge in [0.2, 0.25) is 5.91 Å². The van der Waals surface area contributed by atoms with Gasteiger partial charge in [0.05, 0.1) is 11.7 Å². The van der Waals surface area contributed by atoms with Gasteiger partial charge in [-0.05, 0) is 54.7 Å². The van der Waals surface area contributed by atoms with Gasteiger partial charge in [0.15, 0.2) is 0 Å². The van der Waals surface area contributed by atoms with Crippen LogP contribution in [-0.4, -0.2) is 20.7 Å². The number of carbonyl (C=O) groups is 1. The second-order valence-electron chi connectivity index (χ2n) is 6.82. The molecule has 5 nitrogen and oxygen atoms in total. The van der Waals surface area contributed by atoms with Gasteiger partial charge < -0.3 is 5.32 Å². The van der Waals surface area contributed by atoms with Crippen molar-refractivity contribution >= 4 is 28.7 Å². The number of fused-ring (bicyclic) bond motifs is 1. The van der Waals surface area contributed by atoms with Crippen LogP contribution in [0.15, 0.2) is 48.7 Å². The first-order valence-electron chi connectivity index (χ1n) is 8.87. The summed E-state index contributed by atoms with van der Waals surface area (Å²) >= 11 is 0. The van der Waals surface area contributed by atoms with E-state index in [1.165, 1.54) is 31.1 Å². The lowest BCUT2D eigenvalue weighted by molar-refractivity contribution is -0.141. The maximum Gasteiger partial charge on any atom is 0.433 e. The van der Waals surface area contributed by atoms with Crippen LogP contribution in [0.3, 0.4) is 0 Å². The Morgan fingerprint density at radius 3 is 2.82 bits per heavy atom. The molecule has 0 spiro atoms. The molecule has 0 radical (unpaired) electrons. The number of nitrogens with one attached hydrogen (secondary N) is 1. The quantitative estimate of drug-likeness (QED) is 0.657. The molecule has 1 amide bonds. The van der Waals surface area contributed by atoms with E-state index in [1.807, 2.05) is 22.9 Å². The Balaban J connectivity index is 1.44. The Hall–Kier alpha value is -3.16. The van der Waals surface area contributed by atoms with Crippen molar-refractivity contribution in [2.24, 2.45) is 5.92 Å². The molecule has 1 fully saturated rings. The molecule has 0 unspecified atom stereocenters. The van der Waals surface area contributed by atoms with Gasteiger partial charge in [-0.2, -0.15) is 18.3 Å². The Morgan fingerprint density at radius 2 is 2.07 bits per heavy atom. The molecule has 3 aromatic rings. The molecule has 8 heteroatoms. The summed E-state index contributed by atoms with van der Waals surface area (Å²) < 4.78 is 40.0. The van der Waals surface area contributed by atoms with Crippen molar-refractivity contribution < 1.29 is 18.0 Å². The van der Waals surface area contributed by atoms with Crippen molar-refractivity contribution in [2.75, 3.05) is 5.32 Å². The van der Waals surface area contributed by atoms with Crippen LogP contribution in [0, 0.1) is 5.92 Å². The van der Waals surface area contributed by atoms with Gasteiger partial charge in [0.1, 0.15) is 11.5 Å². The molecule has 1 aromatic carbocycles. The zero-order valence-electron chi connectivity index (χ0n) is 14.8. The molecule has 0 aliphatic heterocycles. The molecular weight excluding hydrogens is 369 g/mol. The van der Waals surface area contributed by atoms with Gasteiger partial charge in [0, 0.05) is 18.0 Å². The van der Waals surface area contributed by atoms with Crippen LogP contribution in [0.2, 0.25) is 0 Å². The fourth-order valence-electron chi connectivity index (χ4n) is 2.90. The largest absolute Gasteiger partial charge is 0.433 e. The molecule has 1 saturated carbocycles. The number of aromatic nitrogens is 3. The minimum Gasteiger partial charge on any atom is -0.307 e. The number of nitrogens with zero attached hydrogens (tertiary/aromatic N) is 3. The zero-order valence-corrected chi connectivity index (χ0v) is 14.8. The highest BCUT2D eigenvalue weighted by Gasteiger charge is 2.32. The third-order valence-electron chi connectivity index (χ3n) is 4.51. The van der Waals surface area contributed by atoms with E-state index in [9.17, 15) is 18.0 Å². The number of pyridine rings is 1. The summed E-state index contributed by atoms with van der Waals surface area (Å²) in [4.78, 5) is 15.4. The van der Waals surface area contributed by atoms with E-state index >= 15 is 0 Å². The zero-order chi connectivity index (χ0) is 19.7. The number of alkyl halides is 3. The summed E-state index contributed by atoms with van der Waals surface area (Å²) in [6, 6.07) is 9.10. The lowest BCUT2D eigenvalue weighted by atomic mass is 10.1. The summed E-state index contributed by atoms with van der Waals surface area (Å²) in [7, 11) is 0. The van der Waals surface area contributed by atoms with Crippen molar-refractivity contribution in [3.63, 3.8) is 0 Å². The van der Waals surface area contributed by atoms with E-state index in [4.69, 9.17) is 0 Å². The van der Waals surface area contributed by atoms with Gasteiger partial charge in [0.25, 0.3) is 0 Å². The minimum atomic E-state index is -4.56. The Kier molecular flexibility index (Phi) is 4.62. The number of hydrogen-bond donors (Lipinski definition) is 1. The highest BCUT2D eigenvalue weighted by Crippen LogP contribution is 2.31. The van der Waals surface area contributed by atoms with Gasteiger partial charge in [-0.1, -0.05) is 12.1 Å². The first kappa shape index (κ1) is 18.2. The molecule has 2 heterocycles. The molecule has 0 saturated heterocycles. The number of carbonyl (C=O) groups excluding carboxylic acids is 1. The first-order chi connectivity index (χ1) is 13.4. The predicted octanol–water partition coefficient (Wildman–Crippen LogP) is 4.51. The number of hydrogen-bond acceptors (Lipinski definition) is 3. The lowest BCUT2D eigenvalue weighted by Gasteiger charge is -2.07. The monoisotopic (exact) mass is 386 g/mol. The van der Waals surface area contributed by atoms with Gasteiger partial charge in [-0.25, -0.2) is 4.98 Å². The Labute approximate surface area is 158 Å². The summed E-state index contributed by atoms with van der Waals surface area (Å²) in [5.74, 6) is 0.00783. The van der Waals surface area contributed by atoms with Crippen LogP contribution in [-0.2, 0) is 17.5 Å². The SMILES string of the molecule is O=C(/C=C/c1ccc2c(cnn2CC2CC2)c1)Nc1cccc(C(F)(F)F)n1. The number of halogens is 3. The van der Waals surface area contributed by atoms with Crippen molar-refractivity contribution in [1.29, 1.82) is 0 Å². The second kappa shape index (κ2) is 7.10. The van der Waals surface area contributed by atoms with E-state index in [2.05, 4.69) is 15.4 Å². The highest BCUT2D eigenvalue weighted by molar-refractivity contribution is 6.01. The van der Waals surface area contributed by atoms with Crippen LogP contribution >= 0.6 is 0 Å². The maximum absolute atomic E-state index is 12.7. The average Bonchev–Trinajstić information content (AvgIpc) is 3.39. The molecule has 4 rings (SSSR count). The second-order valence-corrected chi connectivity index (χ2v) is 6.82. The van der Waals surface area contributed by atoms with Crippen LogP contribution in [0.5, 0.6) is 0 Å². The maximum atomic E-state index is 12.7. The van der Waals surface area contributed by atoms with E-state index in [-0.39, 0.29) is 5.82 Å². The van der Waals surface area contributed by atoms with Crippen LogP contribution in [0.1, 0.15) is 24.1 Å². The molecule has 0 bridgehead atoms. The van der Waals surface area contributed by atoms with Gasteiger partial charge >= 0.3 is 6.18 Å². The van der Waals surface area contributed by atoms with E-state index in [0.29, 0.717) is 0 Å². The van der Waals surface area contributed by atoms with Crippen LogP contribution in [0.4, 0.5) is 19.0 Å². The van der Waals surface area contributed by atoms with Crippen molar-refractivity contribution in [3.05, 3.63) is 59.9 Å². The topological polar surface area (TPSA) is 59.8 Å². The summed E-state index contributed by atoms with van der Waals surface area (Å²) in [5, 5.41) is 7.72. The predicted molar refractivity (Wildman–Crippen MR) is 99.4 cm³/mol. The minimum absolute atomic E-state index is 0.152. The number of rotatable bonds is 5.